The number of furan rings is 2. The van der Waals surface area contributed by atoms with Crippen molar-refractivity contribution in [3.63, 3.8) is 0 Å². The van der Waals surface area contributed by atoms with Gasteiger partial charge in [0.05, 0.1) is 0 Å². The highest BCUT2D eigenvalue weighted by Gasteiger charge is 2.33. The zero-order valence-corrected chi connectivity index (χ0v) is 22.1. The molecule has 0 spiro atoms. The van der Waals surface area contributed by atoms with Gasteiger partial charge in [-0.1, -0.05) is 42.5 Å². The normalized spacial score (nSPS) is 12.1. The average molecular weight is 537 g/mol. The van der Waals surface area contributed by atoms with Crippen molar-refractivity contribution in [2.75, 3.05) is 0 Å². The van der Waals surface area contributed by atoms with Crippen LogP contribution in [0.15, 0.2) is 136 Å². The van der Waals surface area contributed by atoms with E-state index in [1.165, 1.54) is 0 Å². The molecule has 0 aliphatic rings. The molecule has 40 heavy (non-hydrogen) atoms. The van der Waals surface area contributed by atoms with Crippen molar-refractivity contribution < 1.29 is 13.4 Å². The molecule has 0 saturated heterocycles. The highest BCUT2D eigenvalue weighted by molar-refractivity contribution is 7.85. The highest BCUT2D eigenvalue weighted by Crippen LogP contribution is 2.43. The number of rotatable bonds is 4. The number of nitrogens with zero attached hydrogens (tertiary/aromatic N) is 2. The van der Waals surface area contributed by atoms with E-state index in [-0.39, 0.29) is 0 Å². The van der Waals surface area contributed by atoms with Crippen LogP contribution in [0.1, 0.15) is 0 Å². The molecule has 0 atom stereocenters. The lowest BCUT2D eigenvalue weighted by Crippen LogP contribution is -2.28. The molecule has 190 valence electrons. The monoisotopic (exact) mass is 536 g/mol. The van der Waals surface area contributed by atoms with Crippen molar-refractivity contribution in [3.05, 3.63) is 128 Å². The Morgan fingerprint density at radius 1 is 0.475 bits per heavy atom. The van der Waals surface area contributed by atoms with Crippen LogP contribution in [0, 0.1) is 0 Å². The van der Waals surface area contributed by atoms with Crippen LogP contribution < -0.4 is 16.2 Å². The Kier molecular flexibility index (Phi) is 5.03. The average Bonchev–Trinajstić information content (AvgIpc) is 3.58. The number of hydrogen-bond donors (Lipinski definition) is 0. The minimum Gasteiger partial charge on any atom is -0.456 e. The summed E-state index contributed by atoms with van der Waals surface area (Å²) >= 11 is 0. The summed E-state index contributed by atoms with van der Waals surface area (Å²) in [4.78, 5) is 8.99. The second-order valence-electron chi connectivity index (χ2n) is 9.79. The predicted octanol–water partition coefficient (Wildman–Crippen LogP) is 7.58. The van der Waals surface area contributed by atoms with Crippen LogP contribution in [-0.4, -0.2) is 9.97 Å². The molecule has 4 heterocycles. The van der Waals surface area contributed by atoms with Crippen molar-refractivity contribution in [2.24, 2.45) is 0 Å². The van der Waals surface area contributed by atoms with Gasteiger partial charge in [-0.25, -0.2) is 0 Å². The SMILES string of the molecule is O=P(c1ccc2oc3ccc(-c4ccc5oc6ccccc6c5c4)cc3c2c1)(c1ccccn1)c1ccccn1. The summed E-state index contributed by atoms with van der Waals surface area (Å²) in [6, 6.07) is 37.3. The molecule has 0 aliphatic carbocycles. The number of para-hydroxylation sites is 1. The molecular weight excluding hydrogens is 515 g/mol. The first-order chi connectivity index (χ1) is 19.7. The third-order valence-electron chi connectivity index (χ3n) is 7.47. The van der Waals surface area contributed by atoms with E-state index in [0.29, 0.717) is 16.2 Å². The molecular formula is C34H21N2O3P. The summed E-state index contributed by atoms with van der Waals surface area (Å²) in [5.41, 5.74) is 6.40. The number of fused-ring (bicyclic) bond motifs is 6. The summed E-state index contributed by atoms with van der Waals surface area (Å²) in [6.45, 7) is 0. The minimum absolute atomic E-state index is 0.502. The van der Waals surface area contributed by atoms with E-state index >= 15 is 0 Å². The number of aromatic nitrogens is 2. The first kappa shape index (κ1) is 22.9. The largest absolute Gasteiger partial charge is 0.456 e. The molecule has 0 fully saturated rings. The second kappa shape index (κ2) is 8.77. The topological polar surface area (TPSA) is 69.1 Å². The fraction of sp³-hybridized carbons (Fsp3) is 0. The maximum Gasteiger partial charge on any atom is 0.205 e. The molecule has 0 radical (unpaired) electrons. The van der Waals surface area contributed by atoms with E-state index in [1.807, 2.05) is 72.8 Å². The molecule has 5 nitrogen and oxygen atoms in total. The Hall–Kier alpha value is -4.99. The van der Waals surface area contributed by atoms with E-state index < -0.39 is 7.14 Å². The van der Waals surface area contributed by atoms with Crippen LogP contribution in [0.4, 0.5) is 0 Å². The van der Waals surface area contributed by atoms with Gasteiger partial charge < -0.3 is 13.4 Å². The van der Waals surface area contributed by atoms with E-state index in [0.717, 1.165) is 55.0 Å². The van der Waals surface area contributed by atoms with Crippen molar-refractivity contribution >= 4 is 67.2 Å². The smallest absolute Gasteiger partial charge is 0.205 e. The van der Waals surface area contributed by atoms with Gasteiger partial charge in [0.2, 0.25) is 7.14 Å². The van der Waals surface area contributed by atoms with Crippen LogP contribution in [0.3, 0.4) is 0 Å². The van der Waals surface area contributed by atoms with Crippen LogP contribution in [0.5, 0.6) is 0 Å². The van der Waals surface area contributed by atoms with E-state index in [4.69, 9.17) is 8.83 Å². The lowest BCUT2D eigenvalue weighted by molar-refractivity contribution is 0.591. The van der Waals surface area contributed by atoms with Gasteiger partial charge in [0.15, 0.2) is 0 Å². The molecule has 8 aromatic rings. The van der Waals surface area contributed by atoms with Gasteiger partial charge in [-0.3, -0.25) is 9.97 Å². The Balaban J connectivity index is 1.32. The molecule has 0 unspecified atom stereocenters. The molecule has 0 N–H and O–H groups in total. The zero-order valence-electron chi connectivity index (χ0n) is 21.2. The Bertz CT molecular complexity index is 2210. The maximum atomic E-state index is 14.8. The van der Waals surface area contributed by atoms with Gasteiger partial charge in [0, 0.05) is 39.2 Å². The van der Waals surface area contributed by atoms with Crippen LogP contribution in [0.2, 0.25) is 0 Å². The van der Waals surface area contributed by atoms with Gasteiger partial charge >= 0.3 is 0 Å². The highest BCUT2D eigenvalue weighted by atomic mass is 31.2. The molecule has 8 rings (SSSR count). The Labute approximate surface area is 229 Å². The van der Waals surface area contributed by atoms with Crippen molar-refractivity contribution in [3.8, 4) is 11.1 Å². The van der Waals surface area contributed by atoms with Gasteiger partial charge in [0.25, 0.3) is 0 Å². The molecule has 4 aromatic heterocycles. The van der Waals surface area contributed by atoms with Crippen molar-refractivity contribution in [2.45, 2.75) is 0 Å². The first-order valence-corrected chi connectivity index (χ1v) is 14.7. The Morgan fingerprint density at radius 2 is 0.975 bits per heavy atom. The molecule has 0 aliphatic heterocycles. The Morgan fingerprint density at radius 3 is 1.57 bits per heavy atom. The lowest BCUT2D eigenvalue weighted by atomic mass is 10.0. The summed E-state index contributed by atoms with van der Waals surface area (Å²) < 4.78 is 27.1. The predicted molar refractivity (Wildman–Crippen MR) is 161 cm³/mol. The third kappa shape index (κ3) is 3.45. The maximum absolute atomic E-state index is 14.8. The van der Waals surface area contributed by atoms with Gasteiger partial charge in [-0.15, -0.1) is 0 Å². The van der Waals surface area contributed by atoms with E-state index in [2.05, 4.69) is 40.3 Å². The van der Waals surface area contributed by atoms with Gasteiger partial charge in [-0.2, -0.15) is 0 Å². The summed E-state index contributed by atoms with van der Waals surface area (Å²) in [6.07, 6.45) is 3.34. The summed E-state index contributed by atoms with van der Waals surface area (Å²) in [5.74, 6) is 0. The minimum atomic E-state index is -3.32. The molecule has 0 saturated carbocycles. The third-order valence-corrected chi connectivity index (χ3v) is 10.3. The molecule has 4 aromatic carbocycles. The molecule has 0 amide bonds. The molecule has 0 bridgehead atoms. The van der Waals surface area contributed by atoms with Gasteiger partial charge in [-0.05, 0) is 83.9 Å². The summed E-state index contributed by atoms with van der Waals surface area (Å²) in [7, 11) is -3.32. The quantitative estimate of drug-likeness (QED) is 0.217. The van der Waals surface area contributed by atoms with Crippen LogP contribution >= 0.6 is 7.14 Å². The molecule has 6 heteroatoms. The number of pyridine rings is 2. The van der Waals surface area contributed by atoms with Crippen molar-refractivity contribution in [1.29, 1.82) is 0 Å². The number of benzene rings is 4. The van der Waals surface area contributed by atoms with Gasteiger partial charge in [0.1, 0.15) is 33.2 Å². The zero-order chi connectivity index (χ0) is 26.7. The van der Waals surface area contributed by atoms with Crippen LogP contribution in [-0.2, 0) is 4.57 Å². The second-order valence-corrected chi connectivity index (χ2v) is 12.4. The first-order valence-electron chi connectivity index (χ1n) is 13.0. The summed E-state index contributed by atoms with van der Waals surface area (Å²) in [5, 5.41) is 4.70. The van der Waals surface area contributed by atoms with Crippen molar-refractivity contribution in [1.82, 2.24) is 9.97 Å². The number of hydrogen-bond acceptors (Lipinski definition) is 5. The standard InChI is InChI=1S/C34H21N2O3P/c37-40(33-9-3-5-17-35-33,34-10-4-6-18-36-34)24-13-16-32-28(21-24)27-20-23(12-15-31(27)39-32)22-11-14-30-26(19-22)25-7-1-2-8-29(25)38-30/h1-21H. The van der Waals surface area contributed by atoms with E-state index in [1.54, 1.807) is 24.5 Å². The lowest BCUT2D eigenvalue weighted by Gasteiger charge is -2.17. The fourth-order valence-corrected chi connectivity index (χ4v) is 7.92. The fourth-order valence-electron chi connectivity index (χ4n) is 5.51. The van der Waals surface area contributed by atoms with E-state index in [9.17, 15) is 4.57 Å². The van der Waals surface area contributed by atoms with Crippen LogP contribution in [0.25, 0.3) is 55.0 Å².